The molecule has 0 aliphatic rings. The molecule has 29 heavy (non-hydrogen) atoms. The van der Waals surface area contributed by atoms with Crippen molar-refractivity contribution in [2.75, 3.05) is 20.8 Å². The van der Waals surface area contributed by atoms with Crippen molar-refractivity contribution >= 4 is 11.9 Å². The van der Waals surface area contributed by atoms with E-state index in [9.17, 15) is 9.59 Å². The normalized spacial score (nSPS) is 11.4. The highest BCUT2D eigenvalue weighted by molar-refractivity contribution is 5.97. The van der Waals surface area contributed by atoms with Crippen molar-refractivity contribution in [1.29, 1.82) is 0 Å². The van der Waals surface area contributed by atoms with E-state index in [1.807, 2.05) is 37.3 Å². The Morgan fingerprint density at radius 1 is 1.00 bits per heavy atom. The zero-order chi connectivity index (χ0) is 21.2. The van der Waals surface area contributed by atoms with E-state index < -0.39 is 0 Å². The third-order valence-corrected chi connectivity index (χ3v) is 4.74. The summed E-state index contributed by atoms with van der Waals surface area (Å²) in [5.41, 5.74) is 2.19. The minimum Gasteiger partial charge on any atom is -0.496 e. The highest BCUT2D eigenvalue weighted by Gasteiger charge is 2.20. The Balaban J connectivity index is 2.16. The molecule has 1 amide bonds. The maximum atomic E-state index is 12.8. The molecule has 0 fully saturated rings. The predicted octanol–water partition coefficient (Wildman–Crippen LogP) is 3.77. The van der Waals surface area contributed by atoms with Crippen LogP contribution in [0.2, 0.25) is 0 Å². The second kappa shape index (κ2) is 11.1. The molecular weight excluding hydrogens is 370 g/mol. The van der Waals surface area contributed by atoms with Crippen molar-refractivity contribution in [2.45, 2.75) is 33.2 Å². The molecule has 2 aromatic carbocycles. The van der Waals surface area contributed by atoms with E-state index in [0.29, 0.717) is 43.1 Å². The molecule has 156 valence electrons. The summed E-state index contributed by atoms with van der Waals surface area (Å²) in [5.74, 6) is 0.490. The van der Waals surface area contributed by atoms with Crippen LogP contribution in [0.5, 0.6) is 11.5 Å². The highest BCUT2D eigenvalue weighted by Crippen LogP contribution is 2.23. The van der Waals surface area contributed by atoms with Crippen molar-refractivity contribution in [2.24, 2.45) is 5.92 Å². The van der Waals surface area contributed by atoms with Crippen LogP contribution < -0.4 is 14.8 Å². The van der Waals surface area contributed by atoms with Gasteiger partial charge in [0.05, 0.1) is 32.3 Å². The van der Waals surface area contributed by atoms with Gasteiger partial charge in [-0.1, -0.05) is 31.2 Å². The summed E-state index contributed by atoms with van der Waals surface area (Å²) in [5, 5.41) is 2.91. The van der Waals surface area contributed by atoms with Gasteiger partial charge in [-0.25, -0.2) is 0 Å². The van der Waals surface area contributed by atoms with Crippen molar-refractivity contribution in [1.82, 2.24) is 5.32 Å². The molecule has 6 heteroatoms. The summed E-state index contributed by atoms with van der Waals surface area (Å²) < 4.78 is 15.8. The van der Waals surface area contributed by atoms with E-state index in [1.54, 1.807) is 26.2 Å². The summed E-state index contributed by atoms with van der Waals surface area (Å²) in [4.78, 5) is 24.9. The Morgan fingerprint density at radius 2 is 1.72 bits per heavy atom. The molecule has 0 aromatic heterocycles. The summed E-state index contributed by atoms with van der Waals surface area (Å²) in [6.07, 6.45) is 1.17. The number of benzene rings is 2. The van der Waals surface area contributed by atoms with E-state index in [0.717, 1.165) is 11.1 Å². The van der Waals surface area contributed by atoms with E-state index in [1.165, 1.54) is 7.11 Å². The van der Waals surface area contributed by atoms with Gasteiger partial charge in [0.1, 0.15) is 11.5 Å². The number of methoxy groups -OCH3 is 2. The van der Waals surface area contributed by atoms with Crippen LogP contribution in [0.4, 0.5) is 0 Å². The number of nitrogens with one attached hydrogen (secondary N) is 1. The highest BCUT2D eigenvalue weighted by atomic mass is 16.5. The number of hydrogen-bond acceptors (Lipinski definition) is 5. The smallest absolute Gasteiger partial charge is 0.309 e. The van der Waals surface area contributed by atoms with Crippen LogP contribution >= 0.6 is 0 Å². The topological polar surface area (TPSA) is 73.9 Å². The van der Waals surface area contributed by atoms with Gasteiger partial charge >= 0.3 is 5.97 Å². The summed E-state index contributed by atoms with van der Waals surface area (Å²) in [6.45, 7) is 4.43. The molecule has 0 saturated heterocycles. The Hall–Kier alpha value is -3.02. The molecule has 1 unspecified atom stereocenters. The van der Waals surface area contributed by atoms with Crippen LogP contribution in [0.3, 0.4) is 0 Å². The molecular formula is C23H29NO5. The lowest BCUT2D eigenvalue weighted by atomic mass is 9.95. The van der Waals surface area contributed by atoms with Gasteiger partial charge in [-0.05, 0) is 43.5 Å². The Kier molecular flexibility index (Phi) is 8.52. The number of hydrogen-bond donors (Lipinski definition) is 1. The third kappa shape index (κ3) is 5.98. The van der Waals surface area contributed by atoms with Crippen LogP contribution in [0, 0.1) is 5.92 Å². The lowest BCUT2D eigenvalue weighted by molar-refractivity contribution is -0.148. The predicted molar refractivity (Wildman–Crippen MR) is 111 cm³/mol. The molecule has 0 heterocycles. The van der Waals surface area contributed by atoms with Crippen molar-refractivity contribution < 1.29 is 23.8 Å². The second-order valence-electron chi connectivity index (χ2n) is 6.59. The zero-order valence-corrected chi connectivity index (χ0v) is 17.5. The lowest BCUT2D eigenvalue weighted by Gasteiger charge is -2.16. The van der Waals surface area contributed by atoms with Gasteiger partial charge in [-0.2, -0.15) is 0 Å². The maximum Gasteiger partial charge on any atom is 0.309 e. The van der Waals surface area contributed by atoms with Gasteiger partial charge in [-0.15, -0.1) is 0 Å². The summed E-state index contributed by atoms with van der Waals surface area (Å²) in [7, 11) is 3.13. The molecule has 6 nitrogen and oxygen atoms in total. The fourth-order valence-electron chi connectivity index (χ4n) is 3.12. The average Bonchev–Trinajstić information content (AvgIpc) is 2.75. The molecule has 0 saturated carbocycles. The average molecular weight is 399 g/mol. The van der Waals surface area contributed by atoms with Gasteiger partial charge in [0.25, 0.3) is 5.91 Å². The lowest BCUT2D eigenvalue weighted by Crippen LogP contribution is -2.24. The molecule has 0 bridgehead atoms. The molecule has 2 aromatic rings. The number of amides is 1. The number of carbonyl (C=O) groups is 2. The molecule has 0 spiro atoms. The Morgan fingerprint density at radius 3 is 2.38 bits per heavy atom. The molecule has 2 rings (SSSR count). The number of para-hydroxylation sites is 1. The van der Waals surface area contributed by atoms with Crippen LogP contribution in [0.15, 0.2) is 42.5 Å². The minimum atomic E-state index is -0.251. The molecule has 1 N–H and O–H groups in total. The summed E-state index contributed by atoms with van der Waals surface area (Å²) >= 11 is 0. The standard InChI is InChI=1S/C23H29NO5/c1-5-17(23(26)29-6-2)13-16-11-12-21(28-4)19(14-16)22(25)24-15-18-9-7-8-10-20(18)27-3/h7-12,14,17H,5-6,13,15H2,1-4H3,(H,24,25). The van der Waals surface area contributed by atoms with Gasteiger partial charge in [-0.3, -0.25) is 9.59 Å². The Labute approximate surface area is 172 Å². The second-order valence-corrected chi connectivity index (χ2v) is 6.59. The van der Waals surface area contributed by atoms with Gasteiger partial charge in [0.2, 0.25) is 0 Å². The van der Waals surface area contributed by atoms with Crippen molar-refractivity contribution in [3.8, 4) is 11.5 Å². The quantitative estimate of drug-likeness (QED) is 0.616. The van der Waals surface area contributed by atoms with E-state index >= 15 is 0 Å². The minimum absolute atomic E-state index is 0.215. The monoisotopic (exact) mass is 399 g/mol. The number of esters is 1. The number of carbonyl (C=O) groups excluding carboxylic acids is 2. The van der Waals surface area contributed by atoms with Crippen LogP contribution in [0.1, 0.15) is 41.8 Å². The molecule has 0 radical (unpaired) electrons. The summed E-state index contributed by atoms with van der Waals surface area (Å²) in [6, 6.07) is 12.9. The Bertz CT molecular complexity index is 834. The van der Waals surface area contributed by atoms with E-state index in [2.05, 4.69) is 5.32 Å². The first kappa shape index (κ1) is 22.3. The number of ether oxygens (including phenoxy) is 3. The van der Waals surface area contributed by atoms with Crippen LogP contribution in [0.25, 0.3) is 0 Å². The molecule has 0 aliphatic heterocycles. The zero-order valence-electron chi connectivity index (χ0n) is 17.5. The van der Waals surface area contributed by atoms with Gasteiger partial charge < -0.3 is 19.5 Å². The van der Waals surface area contributed by atoms with Crippen LogP contribution in [-0.2, 0) is 22.5 Å². The SMILES string of the molecule is CCOC(=O)C(CC)Cc1ccc(OC)c(C(=O)NCc2ccccc2OC)c1. The maximum absolute atomic E-state index is 12.8. The number of rotatable bonds is 10. The van der Waals surface area contributed by atoms with E-state index in [4.69, 9.17) is 14.2 Å². The van der Waals surface area contributed by atoms with Gasteiger partial charge in [0.15, 0.2) is 0 Å². The van der Waals surface area contributed by atoms with E-state index in [-0.39, 0.29) is 17.8 Å². The van der Waals surface area contributed by atoms with Crippen LogP contribution in [-0.4, -0.2) is 32.7 Å². The third-order valence-electron chi connectivity index (χ3n) is 4.74. The molecule has 1 atom stereocenters. The first-order chi connectivity index (χ1) is 14.0. The van der Waals surface area contributed by atoms with Gasteiger partial charge in [0, 0.05) is 12.1 Å². The van der Waals surface area contributed by atoms with Crippen molar-refractivity contribution in [3.63, 3.8) is 0 Å². The first-order valence-electron chi connectivity index (χ1n) is 9.77. The fraction of sp³-hybridized carbons (Fsp3) is 0.391. The molecule has 0 aliphatic carbocycles. The largest absolute Gasteiger partial charge is 0.496 e. The fourth-order valence-corrected chi connectivity index (χ4v) is 3.12. The van der Waals surface area contributed by atoms with Crippen molar-refractivity contribution in [3.05, 3.63) is 59.2 Å². The first-order valence-corrected chi connectivity index (χ1v) is 9.77.